The number of hydrogen-bond acceptors (Lipinski definition) is 6. The highest BCUT2D eigenvalue weighted by Crippen LogP contribution is 2.34. The predicted molar refractivity (Wildman–Crippen MR) is 115 cm³/mol. The van der Waals surface area contributed by atoms with E-state index in [2.05, 4.69) is 27.3 Å². The van der Waals surface area contributed by atoms with E-state index in [1.165, 1.54) is 6.07 Å². The van der Waals surface area contributed by atoms with Crippen LogP contribution in [0.1, 0.15) is 19.8 Å². The zero-order chi connectivity index (χ0) is 20.4. The number of halogens is 1. The quantitative estimate of drug-likeness (QED) is 0.661. The van der Waals surface area contributed by atoms with Crippen LogP contribution in [-0.4, -0.2) is 55.9 Å². The Morgan fingerprint density at radius 1 is 1.24 bits per heavy atom. The second-order valence-electron chi connectivity index (χ2n) is 7.43. The summed E-state index contributed by atoms with van der Waals surface area (Å²) in [6.45, 7) is 4.90. The SMILES string of the molecule is CCn1cc(-c2ccnc(NC3CCN(C)CC3)n2)c(-c2cc(O)cc(Cl)c2)n1. The maximum atomic E-state index is 9.97. The van der Waals surface area contributed by atoms with Gasteiger partial charge in [-0.15, -0.1) is 0 Å². The molecule has 1 aliphatic rings. The summed E-state index contributed by atoms with van der Waals surface area (Å²) in [6.07, 6.45) is 5.88. The van der Waals surface area contributed by atoms with Gasteiger partial charge in [0.25, 0.3) is 0 Å². The van der Waals surface area contributed by atoms with E-state index >= 15 is 0 Å². The molecule has 7 nitrogen and oxygen atoms in total. The second kappa shape index (κ2) is 8.39. The highest BCUT2D eigenvalue weighted by molar-refractivity contribution is 6.31. The Morgan fingerprint density at radius 3 is 2.76 bits per heavy atom. The fraction of sp³-hybridized carbons (Fsp3) is 0.381. The number of aromatic nitrogens is 4. The van der Waals surface area contributed by atoms with Crippen LogP contribution in [0.2, 0.25) is 5.02 Å². The molecule has 0 unspecified atom stereocenters. The number of nitrogens with one attached hydrogen (secondary N) is 1. The van der Waals surface area contributed by atoms with Crippen molar-refractivity contribution in [2.24, 2.45) is 0 Å². The standard InChI is InChI=1S/C21H25ClN6O/c1-3-28-13-18(20(26-28)14-10-15(22)12-17(29)11-14)19-4-7-23-21(25-19)24-16-5-8-27(2)9-6-16/h4,7,10-13,16,29H,3,5-6,8-9H2,1-2H3,(H,23,24,25). The minimum absolute atomic E-state index is 0.108. The van der Waals surface area contributed by atoms with Gasteiger partial charge in [-0.2, -0.15) is 5.10 Å². The molecule has 2 N–H and O–H groups in total. The summed E-state index contributed by atoms with van der Waals surface area (Å²) >= 11 is 6.15. The van der Waals surface area contributed by atoms with E-state index in [4.69, 9.17) is 16.6 Å². The minimum atomic E-state index is 0.108. The first kappa shape index (κ1) is 19.7. The Balaban J connectivity index is 1.67. The van der Waals surface area contributed by atoms with Crippen LogP contribution >= 0.6 is 11.6 Å². The summed E-state index contributed by atoms with van der Waals surface area (Å²) in [7, 11) is 2.15. The van der Waals surface area contributed by atoms with Crippen LogP contribution in [0.3, 0.4) is 0 Å². The van der Waals surface area contributed by atoms with Gasteiger partial charge in [-0.25, -0.2) is 9.97 Å². The lowest BCUT2D eigenvalue weighted by Crippen LogP contribution is -2.37. The third kappa shape index (κ3) is 4.52. The summed E-state index contributed by atoms with van der Waals surface area (Å²) in [5, 5.41) is 18.6. The van der Waals surface area contributed by atoms with Crippen LogP contribution in [0.25, 0.3) is 22.5 Å². The van der Waals surface area contributed by atoms with E-state index in [0.29, 0.717) is 17.0 Å². The van der Waals surface area contributed by atoms with Crippen LogP contribution in [0.4, 0.5) is 5.95 Å². The van der Waals surface area contributed by atoms with Gasteiger partial charge in [0.05, 0.1) is 5.69 Å². The van der Waals surface area contributed by atoms with Crippen molar-refractivity contribution in [1.29, 1.82) is 0 Å². The molecular weight excluding hydrogens is 388 g/mol. The maximum absolute atomic E-state index is 9.97. The van der Waals surface area contributed by atoms with E-state index in [0.717, 1.165) is 55.0 Å². The number of piperidine rings is 1. The van der Waals surface area contributed by atoms with Gasteiger partial charge in [0, 0.05) is 41.1 Å². The molecular formula is C21H25ClN6O. The van der Waals surface area contributed by atoms with Gasteiger partial charge < -0.3 is 15.3 Å². The van der Waals surface area contributed by atoms with Crippen LogP contribution in [-0.2, 0) is 6.54 Å². The van der Waals surface area contributed by atoms with Crippen molar-refractivity contribution in [2.45, 2.75) is 32.4 Å². The summed E-state index contributed by atoms with van der Waals surface area (Å²) in [5.41, 5.74) is 3.14. The molecule has 8 heteroatoms. The normalized spacial score (nSPS) is 15.6. The van der Waals surface area contributed by atoms with Crippen molar-refractivity contribution < 1.29 is 5.11 Å². The number of hydrogen-bond donors (Lipinski definition) is 2. The number of rotatable bonds is 5. The van der Waals surface area contributed by atoms with Gasteiger partial charge in [0.2, 0.25) is 5.95 Å². The summed E-state index contributed by atoms with van der Waals surface area (Å²) in [6, 6.07) is 7.23. The summed E-state index contributed by atoms with van der Waals surface area (Å²) in [5.74, 6) is 0.734. The van der Waals surface area contributed by atoms with Gasteiger partial charge in [-0.05, 0) is 64.2 Å². The summed E-state index contributed by atoms with van der Waals surface area (Å²) < 4.78 is 1.86. The van der Waals surface area contributed by atoms with Gasteiger partial charge in [0.1, 0.15) is 11.4 Å². The Labute approximate surface area is 175 Å². The number of benzene rings is 1. The van der Waals surface area contributed by atoms with Gasteiger partial charge in [0.15, 0.2) is 0 Å². The number of aryl methyl sites for hydroxylation is 1. The lowest BCUT2D eigenvalue weighted by molar-refractivity contribution is 0.263. The maximum Gasteiger partial charge on any atom is 0.223 e. The third-order valence-electron chi connectivity index (χ3n) is 5.22. The molecule has 1 aliphatic heterocycles. The van der Waals surface area contributed by atoms with E-state index in [1.807, 2.05) is 23.9 Å². The van der Waals surface area contributed by atoms with Crippen molar-refractivity contribution in [3.05, 3.63) is 41.7 Å². The molecule has 1 fully saturated rings. The largest absolute Gasteiger partial charge is 0.508 e. The van der Waals surface area contributed by atoms with E-state index in [1.54, 1.807) is 18.3 Å². The van der Waals surface area contributed by atoms with Crippen molar-refractivity contribution in [3.63, 3.8) is 0 Å². The number of phenols is 1. The molecule has 1 saturated heterocycles. The van der Waals surface area contributed by atoms with Crippen LogP contribution in [0.15, 0.2) is 36.7 Å². The first-order chi connectivity index (χ1) is 14.0. The predicted octanol–water partition coefficient (Wildman–Crippen LogP) is 3.89. The fourth-order valence-electron chi connectivity index (χ4n) is 3.61. The molecule has 0 radical (unpaired) electrons. The average Bonchev–Trinajstić information content (AvgIpc) is 3.14. The minimum Gasteiger partial charge on any atom is -0.508 e. The molecule has 0 atom stereocenters. The average molecular weight is 413 g/mol. The summed E-state index contributed by atoms with van der Waals surface area (Å²) in [4.78, 5) is 11.5. The molecule has 0 aliphatic carbocycles. The number of anilines is 1. The molecule has 0 amide bonds. The molecule has 1 aromatic carbocycles. The molecule has 3 heterocycles. The zero-order valence-corrected chi connectivity index (χ0v) is 17.4. The van der Waals surface area contributed by atoms with Crippen LogP contribution in [0, 0.1) is 0 Å². The van der Waals surface area contributed by atoms with Crippen LogP contribution < -0.4 is 5.32 Å². The number of phenolic OH excluding ortho intramolecular Hbond substituents is 1. The molecule has 0 spiro atoms. The van der Waals surface area contributed by atoms with Crippen molar-refractivity contribution >= 4 is 17.5 Å². The fourth-order valence-corrected chi connectivity index (χ4v) is 3.84. The zero-order valence-electron chi connectivity index (χ0n) is 16.6. The molecule has 0 saturated carbocycles. The first-order valence-corrected chi connectivity index (χ1v) is 10.3. The Morgan fingerprint density at radius 2 is 2.03 bits per heavy atom. The molecule has 3 aromatic rings. The van der Waals surface area contributed by atoms with Crippen LogP contribution in [0.5, 0.6) is 5.75 Å². The highest BCUT2D eigenvalue weighted by atomic mass is 35.5. The molecule has 2 aromatic heterocycles. The van der Waals surface area contributed by atoms with E-state index in [-0.39, 0.29) is 5.75 Å². The lowest BCUT2D eigenvalue weighted by atomic mass is 10.1. The Bertz CT molecular complexity index is 976. The molecule has 4 rings (SSSR count). The Hall–Kier alpha value is -2.64. The van der Waals surface area contributed by atoms with Gasteiger partial charge in [-0.1, -0.05) is 11.6 Å². The Kier molecular flexibility index (Phi) is 5.69. The van der Waals surface area contributed by atoms with Crippen molar-refractivity contribution in [1.82, 2.24) is 24.6 Å². The number of likely N-dealkylation sites (tertiary alicyclic amines) is 1. The smallest absolute Gasteiger partial charge is 0.223 e. The lowest BCUT2D eigenvalue weighted by Gasteiger charge is -2.29. The first-order valence-electron chi connectivity index (χ1n) is 9.87. The molecule has 0 bridgehead atoms. The molecule has 152 valence electrons. The van der Waals surface area contributed by atoms with E-state index < -0.39 is 0 Å². The number of aromatic hydroxyl groups is 1. The highest BCUT2D eigenvalue weighted by Gasteiger charge is 2.19. The van der Waals surface area contributed by atoms with Gasteiger partial charge in [-0.3, -0.25) is 4.68 Å². The molecule has 29 heavy (non-hydrogen) atoms. The van der Waals surface area contributed by atoms with Crippen molar-refractivity contribution in [3.8, 4) is 28.3 Å². The third-order valence-corrected chi connectivity index (χ3v) is 5.44. The van der Waals surface area contributed by atoms with Crippen molar-refractivity contribution in [2.75, 3.05) is 25.5 Å². The monoisotopic (exact) mass is 412 g/mol. The van der Waals surface area contributed by atoms with E-state index in [9.17, 15) is 5.11 Å². The van der Waals surface area contributed by atoms with Gasteiger partial charge >= 0.3 is 0 Å². The topological polar surface area (TPSA) is 79.1 Å². The number of nitrogens with zero attached hydrogens (tertiary/aromatic N) is 5. The second-order valence-corrected chi connectivity index (χ2v) is 7.87.